The van der Waals surface area contributed by atoms with Crippen molar-refractivity contribution in [2.75, 3.05) is 44.9 Å². The summed E-state index contributed by atoms with van der Waals surface area (Å²) in [6.07, 6.45) is 6.88. The maximum Gasteiger partial charge on any atom is 0.325 e. The van der Waals surface area contributed by atoms with Crippen LogP contribution in [-0.2, 0) is 25.6 Å². The number of amides is 1. The van der Waals surface area contributed by atoms with Crippen LogP contribution in [0.2, 0.25) is 0 Å². The Hall–Kier alpha value is -3.51. The van der Waals surface area contributed by atoms with Crippen LogP contribution in [0.4, 0.5) is 5.69 Å². The topological polar surface area (TPSA) is 124 Å². The summed E-state index contributed by atoms with van der Waals surface area (Å²) in [6.45, 7) is 6.67. The molecule has 1 saturated heterocycles. The van der Waals surface area contributed by atoms with Crippen molar-refractivity contribution in [3.63, 3.8) is 0 Å². The molecule has 2 aliphatic heterocycles. The minimum atomic E-state index is -0.556. The van der Waals surface area contributed by atoms with Gasteiger partial charge in [-0.2, -0.15) is 0 Å². The number of hydrogen-bond acceptors (Lipinski definition) is 8. The Morgan fingerprint density at radius 1 is 1.41 bits per heavy atom. The first-order valence-corrected chi connectivity index (χ1v) is 10.3. The number of methoxy groups -OCH3 is 1. The lowest BCUT2D eigenvalue weighted by molar-refractivity contribution is -0.140. The molecule has 1 aromatic carbocycles. The summed E-state index contributed by atoms with van der Waals surface area (Å²) in [4.78, 5) is 25.6. The molecule has 0 aliphatic carbocycles. The number of carbonyl (C=O) groups excluding carboxylic acids is 2. The number of hydrogen-bond donors (Lipinski definition) is 4. The van der Waals surface area contributed by atoms with Gasteiger partial charge in [0, 0.05) is 42.9 Å². The van der Waals surface area contributed by atoms with Gasteiger partial charge in [0.05, 0.1) is 20.3 Å². The summed E-state index contributed by atoms with van der Waals surface area (Å²) in [6, 6.07) is 5.64. The molecule has 2 aliphatic rings. The minimum Gasteiger partial charge on any atom is -0.505 e. The molecule has 1 fully saturated rings. The van der Waals surface area contributed by atoms with E-state index in [9.17, 15) is 14.7 Å². The van der Waals surface area contributed by atoms with Gasteiger partial charge in [0.25, 0.3) is 5.91 Å². The molecule has 0 unspecified atom stereocenters. The normalized spacial score (nSPS) is 14.1. The molecule has 0 saturated carbocycles. The van der Waals surface area contributed by atoms with Gasteiger partial charge in [0.1, 0.15) is 12.2 Å². The Labute approximate surface area is 189 Å². The van der Waals surface area contributed by atoms with Crippen LogP contribution < -0.4 is 15.5 Å². The molecule has 4 N–H and O–H groups in total. The van der Waals surface area contributed by atoms with Crippen LogP contribution >= 0.6 is 0 Å². The quantitative estimate of drug-likeness (QED) is 0.317. The lowest BCUT2D eigenvalue weighted by Gasteiger charge is -2.33. The number of aliphatic hydroxyl groups is 1. The van der Waals surface area contributed by atoms with E-state index >= 15 is 0 Å². The highest BCUT2D eigenvalue weighted by atomic mass is 16.5. The molecular weight excluding hydrogens is 412 g/mol. The van der Waals surface area contributed by atoms with Gasteiger partial charge in [0.2, 0.25) is 0 Å². The molecule has 1 amide bonds. The fourth-order valence-corrected chi connectivity index (χ4v) is 2.98. The zero-order valence-corrected chi connectivity index (χ0v) is 18.9. The first-order chi connectivity index (χ1) is 15.4. The van der Waals surface area contributed by atoms with Gasteiger partial charge in [-0.05, 0) is 19.2 Å². The molecule has 0 bridgehead atoms. The van der Waals surface area contributed by atoms with Gasteiger partial charge in [-0.3, -0.25) is 9.59 Å². The number of nitrogens with one attached hydrogen (secondary N) is 3. The van der Waals surface area contributed by atoms with Crippen LogP contribution in [0.1, 0.15) is 31.4 Å². The molecule has 174 valence electrons. The summed E-state index contributed by atoms with van der Waals surface area (Å²) >= 11 is 0. The standard InChI is InChI=1S/C17H21N3O5.C4H6.C2H5N/c1-24-14(21)10-19-17(23)15-16(22)11-3-2-4-13(12(11)9-18-15)20-5-7-25-8-6-20;1-3-4-2;1-2-3/h2-4,18,22H,5-10H2,1H3,(H,19,23);1H,4H2,2H3;2-3H,1H3. The third-order valence-corrected chi connectivity index (χ3v) is 4.49. The van der Waals surface area contributed by atoms with Crippen LogP contribution in [0.5, 0.6) is 0 Å². The number of carbonyl (C=O) groups is 2. The van der Waals surface area contributed by atoms with Crippen molar-refractivity contribution in [1.82, 2.24) is 10.6 Å². The van der Waals surface area contributed by atoms with E-state index in [2.05, 4.69) is 26.2 Å². The second-order valence-corrected chi connectivity index (χ2v) is 6.58. The number of esters is 1. The highest BCUT2D eigenvalue weighted by Gasteiger charge is 2.27. The summed E-state index contributed by atoms with van der Waals surface area (Å²) in [5.74, 6) is 1.20. The molecule has 3 rings (SSSR count). The Kier molecular flexibility index (Phi) is 12.0. The molecule has 0 atom stereocenters. The first-order valence-electron chi connectivity index (χ1n) is 10.3. The first kappa shape index (κ1) is 26.5. The third-order valence-electron chi connectivity index (χ3n) is 4.49. The maximum absolute atomic E-state index is 12.2. The Bertz CT molecular complexity index is 854. The van der Waals surface area contributed by atoms with Crippen LogP contribution in [0.25, 0.3) is 5.76 Å². The number of rotatable bonds is 4. The van der Waals surface area contributed by atoms with Crippen LogP contribution in [0.15, 0.2) is 23.9 Å². The van der Waals surface area contributed by atoms with Crippen molar-refractivity contribution in [2.24, 2.45) is 0 Å². The Morgan fingerprint density at radius 3 is 2.59 bits per heavy atom. The van der Waals surface area contributed by atoms with Gasteiger partial charge in [0.15, 0.2) is 5.76 Å². The molecule has 2 heterocycles. The fraction of sp³-hybridized carbons (Fsp3) is 0.435. The van der Waals surface area contributed by atoms with E-state index in [-0.39, 0.29) is 18.0 Å². The van der Waals surface area contributed by atoms with Gasteiger partial charge in [-0.1, -0.05) is 19.1 Å². The van der Waals surface area contributed by atoms with Crippen LogP contribution in [0, 0.1) is 17.8 Å². The molecule has 32 heavy (non-hydrogen) atoms. The summed E-state index contributed by atoms with van der Waals surface area (Å²) in [7, 11) is 1.24. The number of morpholine rings is 1. The molecule has 9 nitrogen and oxygen atoms in total. The predicted molar refractivity (Wildman–Crippen MR) is 124 cm³/mol. The molecule has 0 radical (unpaired) electrons. The highest BCUT2D eigenvalue weighted by molar-refractivity contribution is 6.01. The number of benzene rings is 1. The zero-order valence-electron chi connectivity index (χ0n) is 18.9. The number of fused-ring (bicyclic) bond motifs is 1. The molecular formula is C23H32N4O5. The van der Waals surface area contributed by atoms with Crippen molar-refractivity contribution in [1.29, 1.82) is 5.41 Å². The molecule has 1 aromatic rings. The number of aliphatic hydroxyl groups excluding tert-OH is 1. The average Bonchev–Trinajstić information content (AvgIpc) is 2.83. The smallest absolute Gasteiger partial charge is 0.325 e. The highest BCUT2D eigenvalue weighted by Crippen LogP contribution is 2.32. The predicted octanol–water partition coefficient (Wildman–Crippen LogP) is 1.83. The van der Waals surface area contributed by atoms with E-state index in [1.54, 1.807) is 13.0 Å². The monoisotopic (exact) mass is 444 g/mol. The molecule has 9 heteroatoms. The van der Waals surface area contributed by atoms with Gasteiger partial charge in [-0.15, -0.1) is 12.3 Å². The van der Waals surface area contributed by atoms with Crippen molar-refractivity contribution in [3.8, 4) is 12.3 Å². The lowest BCUT2D eigenvalue weighted by Crippen LogP contribution is -2.39. The minimum absolute atomic E-state index is 0.0514. The second kappa shape index (κ2) is 14.5. The maximum atomic E-state index is 12.2. The van der Waals surface area contributed by atoms with Crippen LogP contribution in [0.3, 0.4) is 0 Å². The zero-order chi connectivity index (χ0) is 23.9. The number of anilines is 1. The summed E-state index contributed by atoms with van der Waals surface area (Å²) in [5.41, 5.74) is 2.63. The number of nitrogens with zero attached hydrogens (tertiary/aromatic N) is 1. The van der Waals surface area contributed by atoms with Crippen molar-refractivity contribution < 1.29 is 24.2 Å². The molecule has 0 aromatic heterocycles. The third kappa shape index (κ3) is 7.63. The Balaban J connectivity index is 0.000000645. The van der Waals surface area contributed by atoms with E-state index in [1.165, 1.54) is 13.3 Å². The van der Waals surface area contributed by atoms with Crippen molar-refractivity contribution >= 4 is 29.5 Å². The van der Waals surface area contributed by atoms with E-state index in [1.807, 2.05) is 19.1 Å². The second-order valence-electron chi connectivity index (χ2n) is 6.58. The summed E-state index contributed by atoms with van der Waals surface area (Å²) in [5, 5.41) is 22.0. The van der Waals surface area contributed by atoms with E-state index in [0.29, 0.717) is 25.3 Å². The molecule has 0 spiro atoms. The lowest BCUT2D eigenvalue weighted by atomic mass is 9.98. The van der Waals surface area contributed by atoms with Crippen LogP contribution in [-0.4, -0.2) is 63.2 Å². The van der Waals surface area contributed by atoms with Crippen molar-refractivity contribution in [2.45, 2.75) is 26.8 Å². The van der Waals surface area contributed by atoms with E-state index < -0.39 is 11.9 Å². The van der Waals surface area contributed by atoms with Gasteiger partial charge in [-0.25, -0.2) is 0 Å². The number of terminal acetylenes is 1. The van der Waals surface area contributed by atoms with Crippen molar-refractivity contribution in [3.05, 3.63) is 35.0 Å². The fourth-order valence-electron chi connectivity index (χ4n) is 2.98. The average molecular weight is 445 g/mol. The van der Waals surface area contributed by atoms with E-state index in [0.717, 1.165) is 30.8 Å². The largest absolute Gasteiger partial charge is 0.505 e. The summed E-state index contributed by atoms with van der Waals surface area (Å²) < 4.78 is 9.87. The Morgan fingerprint density at radius 2 is 2.03 bits per heavy atom. The van der Waals surface area contributed by atoms with E-state index in [4.69, 9.17) is 16.6 Å². The number of ether oxygens (including phenoxy) is 2. The van der Waals surface area contributed by atoms with Gasteiger partial charge >= 0.3 is 5.97 Å². The SMILES string of the molecule is C#CCC.CC=N.COC(=O)CNC(=O)C1=C(O)c2cccc(N3CCOCC3)c2CN1. The van der Waals surface area contributed by atoms with Gasteiger partial charge < -0.3 is 35.5 Å².